The molecule has 6 heteroatoms. The number of benzene rings is 4. The molecule has 0 fully saturated rings. The van der Waals surface area contributed by atoms with Crippen LogP contribution in [0.25, 0.3) is 16.9 Å². The van der Waals surface area contributed by atoms with Crippen LogP contribution in [0, 0.1) is 0 Å². The van der Waals surface area contributed by atoms with Crippen molar-refractivity contribution in [1.82, 2.24) is 9.78 Å². The summed E-state index contributed by atoms with van der Waals surface area (Å²) >= 11 is 0. The predicted octanol–water partition coefficient (Wildman–Crippen LogP) is 6.04. The molecule has 0 aliphatic carbocycles. The summed E-state index contributed by atoms with van der Waals surface area (Å²) in [6.45, 7) is 0. The van der Waals surface area contributed by atoms with E-state index in [0.29, 0.717) is 28.3 Å². The van der Waals surface area contributed by atoms with Gasteiger partial charge in [-0.25, -0.2) is 4.68 Å². The van der Waals surface area contributed by atoms with Crippen molar-refractivity contribution in [2.24, 2.45) is 0 Å². The van der Waals surface area contributed by atoms with E-state index in [1.54, 1.807) is 28.9 Å². The van der Waals surface area contributed by atoms with E-state index in [9.17, 15) is 9.59 Å². The number of hydrogen-bond donors (Lipinski definition) is 2. The molecule has 6 nitrogen and oxygen atoms in total. The van der Waals surface area contributed by atoms with E-state index >= 15 is 0 Å². The summed E-state index contributed by atoms with van der Waals surface area (Å²) in [5.41, 5.74) is 4.22. The zero-order valence-corrected chi connectivity index (χ0v) is 18.8. The van der Waals surface area contributed by atoms with Gasteiger partial charge in [0.25, 0.3) is 11.8 Å². The van der Waals surface area contributed by atoms with Gasteiger partial charge in [0.2, 0.25) is 0 Å². The van der Waals surface area contributed by atoms with Crippen molar-refractivity contribution in [3.05, 3.63) is 132 Å². The molecule has 1 heterocycles. The highest BCUT2D eigenvalue weighted by molar-refractivity contribution is 6.05. The van der Waals surface area contributed by atoms with E-state index in [4.69, 9.17) is 5.10 Å². The second-order valence-corrected chi connectivity index (χ2v) is 7.88. The number of nitrogens with one attached hydrogen (secondary N) is 2. The van der Waals surface area contributed by atoms with Gasteiger partial charge in [0.15, 0.2) is 0 Å². The van der Waals surface area contributed by atoms with E-state index in [0.717, 1.165) is 11.3 Å². The highest BCUT2D eigenvalue weighted by atomic mass is 16.2. The van der Waals surface area contributed by atoms with Crippen LogP contribution < -0.4 is 10.6 Å². The van der Waals surface area contributed by atoms with Crippen molar-refractivity contribution in [3.8, 4) is 16.9 Å². The SMILES string of the molecule is O=C(Nc1ccc(-c2cc(NC(=O)c3ccccc3)n(-c3ccccc3)n2)cc1)c1ccccc1. The lowest BCUT2D eigenvalue weighted by atomic mass is 10.1. The smallest absolute Gasteiger partial charge is 0.256 e. The molecule has 5 aromatic rings. The Hall–Kier alpha value is -4.97. The van der Waals surface area contributed by atoms with Crippen LogP contribution in [-0.2, 0) is 0 Å². The minimum absolute atomic E-state index is 0.169. The lowest BCUT2D eigenvalue weighted by Gasteiger charge is -2.08. The molecule has 0 bridgehead atoms. The van der Waals surface area contributed by atoms with Crippen molar-refractivity contribution in [1.29, 1.82) is 0 Å². The van der Waals surface area contributed by atoms with Gasteiger partial charge in [0, 0.05) is 28.4 Å². The van der Waals surface area contributed by atoms with Gasteiger partial charge < -0.3 is 10.6 Å². The fourth-order valence-electron chi connectivity index (χ4n) is 3.67. The maximum Gasteiger partial charge on any atom is 0.256 e. The van der Waals surface area contributed by atoms with Gasteiger partial charge in [0.05, 0.1) is 11.4 Å². The average Bonchev–Trinajstić information content (AvgIpc) is 3.34. The van der Waals surface area contributed by atoms with Crippen LogP contribution in [-0.4, -0.2) is 21.6 Å². The normalized spacial score (nSPS) is 10.5. The Morgan fingerprint density at radius 3 is 1.69 bits per heavy atom. The van der Waals surface area contributed by atoms with Crippen molar-refractivity contribution in [2.45, 2.75) is 0 Å². The van der Waals surface area contributed by atoms with Gasteiger partial charge in [-0.1, -0.05) is 66.7 Å². The van der Waals surface area contributed by atoms with Crippen LogP contribution in [0.3, 0.4) is 0 Å². The second kappa shape index (κ2) is 9.89. The fraction of sp³-hybridized carbons (Fsp3) is 0. The Kier molecular flexibility index (Phi) is 6.17. The van der Waals surface area contributed by atoms with Crippen LogP contribution in [0.4, 0.5) is 11.5 Å². The van der Waals surface area contributed by atoms with E-state index in [1.165, 1.54) is 0 Å². The Labute approximate surface area is 202 Å². The number of para-hydroxylation sites is 1. The molecule has 0 unspecified atom stereocenters. The largest absolute Gasteiger partial charge is 0.322 e. The molecule has 35 heavy (non-hydrogen) atoms. The zero-order valence-electron chi connectivity index (χ0n) is 18.8. The molecule has 1 aromatic heterocycles. The van der Waals surface area contributed by atoms with Crippen LogP contribution in [0.2, 0.25) is 0 Å². The number of hydrogen-bond acceptors (Lipinski definition) is 3. The first-order chi connectivity index (χ1) is 17.2. The van der Waals surface area contributed by atoms with Crippen LogP contribution >= 0.6 is 0 Å². The third-order valence-electron chi connectivity index (χ3n) is 5.46. The third-order valence-corrected chi connectivity index (χ3v) is 5.46. The fourth-order valence-corrected chi connectivity index (χ4v) is 3.67. The minimum atomic E-state index is -0.215. The van der Waals surface area contributed by atoms with Gasteiger partial charge in [-0.05, 0) is 48.5 Å². The van der Waals surface area contributed by atoms with E-state index in [1.807, 2.05) is 97.1 Å². The Bertz CT molecular complexity index is 1450. The second-order valence-electron chi connectivity index (χ2n) is 7.88. The van der Waals surface area contributed by atoms with Crippen molar-refractivity contribution in [3.63, 3.8) is 0 Å². The minimum Gasteiger partial charge on any atom is -0.322 e. The maximum absolute atomic E-state index is 12.8. The highest BCUT2D eigenvalue weighted by Gasteiger charge is 2.15. The number of aromatic nitrogens is 2. The molecule has 0 atom stereocenters. The number of rotatable bonds is 6. The third kappa shape index (κ3) is 5.02. The molecule has 0 aliphatic heterocycles. The summed E-state index contributed by atoms with van der Waals surface area (Å²) in [7, 11) is 0. The topological polar surface area (TPSA) is 76.0 Å². The van der Waals surface area contributed by atoms with Crippen LogP contribution in [0.15, 0.2) is 121 Å². The van der Waals surface area contributed by atoms with Crippen LogP contribution in [0.1, 0.15) is 20.7 Å². The van der Waals surface area contributed by atoms with Gasteiger partial charge in [0.1, 0.15) is 5.82 Å². The van der Waals surface area contributed by atoms with Crippen molar-refractivity contribution in [2.75, 3.05) is 10.6 Å². The summed E-state index contributed by atoms with van der Waals surface area (Å²) in [5, 5.41) is 10.6. The first kappa shape index (κ1) is 21.9. The quantitative estimate of drug-likeness (QED) is 0.326. The molecule has 170 valence electrons. The van der Waals surface area contributed by atoms with Gasteiger partial charge in [-0.15, -0.1) is 0 Å². The van der Waals surface area contributed by atoms with Gasteiger partial charge >= 0.3 is 0 Å². The standard InChI is InChI=1S/C29H22N4O2/c34-28(22-10-4-1-5-11-22)30-24-18-16-21(17-19-24)26-20-27(31-29(35)23-12-6-2-7-13-23)33(32-26)25-14-8-3-9-15-25/h1-20H,(H,30,34)(H,31,35). The lowest BCUT2D eigenvalue weighted by Crippen LogP contribution is -2.14. The summed E-state index contributed by atoms with van der Waals surface area (Å²) in [6.07, 6.45) is 0. The summed E-state index contributed by atoms with van der Waals surface area (Å²) in [6, 6.07) is 37.0. The first-order valence-corrected chi connectivity index (χ1v) is 11.2. The lowest BCUT2D eigenvalue weighted by molar-refractivity contribution is 0.101. The van der Waals surface area contributed by atoms with Gasteiger partial charge in [-0.3, -0.25) is 9.59 Å². The van der Waals surface area contributed by atoms with Crippen molar-refractivity contribution < 1.29 is 9.59 Å². The number of carbonyl (C=O) groups is 2. The number of anilines is 2. The number of amides is 2. The van der Waals surface area contributed by atoms with Crippen molar-refractivity contribution >= 4 is 23.3 Å². The average molecular weight is 459 g/mol. The molecule has 0 aliphatic rings. The molecule has 0 saturated carbocycles. The Morgan fingerprint density at radius 1 is 0.600 bits per heavy atom. The predicted molar refractivity (Wildman–Crippen MR) is 138 cm³/mol. The highest BCUT2D eigenvalue weighted by Crippen LogP contribution is 2.26. The molecule has 2 N–H and O–H groups in total. The monoisotopic (exact) mass is 458 g/mol. The van der Waals surface area contributed by atoms with E-state index in [2.05, 4.69) is 10.6 Å². The van der Waals surface area contributed by atoms with E-state index in [-0.39, 0.29) is 11.8 Å². The Balaban J connectivity index is 1.41. The molecule has 0 radical (unpaired) electrons. The summed E-state index contributed by atoms with van der Waals surface area (Å²) in [4.78, 5) is 25.2. The molecule has 0 spiro atoms. The van der Waals surface area contributed by atoms with E-state index < -0.39 is 0 Å². The molecule has 5 rings (SSSR count). The number of nitrogens with zero attached hydrogens (tertiary/aromatic N) is 2. The molecule has 2 amide bonds. The number of carbonyl (C=O) groups excluding carboxylic acids is 2. The van der Waals surface area contributed by atoms with Crippen LogP contribution in [0.5, 0.6) is 0 Å². The molecular formula is C29H22N4O2. The van der Waals surface area contributed by atoms with Gasteiger partial charge in [-0.2, -0.15) is 5.10 Å². The summed E-state index contributed by atoms with van der Waals surface area (Å²) < 4.78 is 1.71. The first-order valence-electron chi connectivity index (χ1n) is 11.2. The molecular weight excluding hydrogens is 436 g/mol. The maximum atomic E-state index is 12.8. The Morgan fingerprint density at radius 2 is 1.11 bits per heavy atom. The summed E-state index contributed by atoms with van der Waals surface area (Å²) in [5.74, 6) is 0.173. The zero-order chi connectivity index (χ0) is 24.0. The molecule has 4 aromatic carbocycles. The molecule has 0 saturated heterocycles.